The summed E-state index contributed by atoms with van der Waals surface area (Å²) < 4.78 is 9.44. The Morgan fingerprint density at radius 3 is 2.07 bits per heavy atom. The quantitative estimate of drug-likeness (QED) is 0.542. The molecule has 3 nitrogen and oxygen atoms in total. The summed E-state index contributed by atoms with van der Waals surface area (Å²) in [6.07, 6.45) is 7.96. The number of oxazole rings is 1. The molecule has 70 valence electrons. The molecule has 0 aliphatic heterocycles. The molecule has 3 heteroatoms. The first-order valence-electron chi connectivity index (χ1n) is 4.20. The maximum Gasteiger partial charge on any atom is 0.180 e. The van der Waals surface area contributed by atoms with Crippen molar-refractivity contribution in [1.82, 2.24) is 4.98 Å². The van der Waals surface area contributed by atoms with E-state index in [4.69, 9.17) is 4.42 Å². The number of nitrogens with zero attached hydrogens (tertiary/aromatic N) is 1. The zero-order chi connectivity index (χ0) is 9.64. The van der Waals surface area contributed by atoms with Gasteiger partial charge in [0.05, 0.1) is 18.7 Å². The van der Waals surface area contributed by atoms with Crippen molar-refractivity contribution in [3.8, 4) is 0 Å². The second-order valence-corrected chi connectivity index (χ2v) is 2.68. The average Bonchev–Trinajstić information content (AvgIpc) is 2.92. The van der Waals surface area contributed by atoms with E-state index in [2.05, 4.69) is 9.40 Å². The van der Waals surface area contributed by atoms with Gasteiger partial charge < -0.3 is 8.83 Å². The standard InChI is InChI=1S/C8H6O.C3H3NO/c1-2-4-8-6-9-5-7(8)3-1;1-2-5-3-4-1/h1-6H;1-3H. The molecule has 3 rings (SSSR count). The van der Waals surface area contributed by atoms with Gasteiger partial charge >= 0.3 is 0 Å². The molecule has 2 heterocycles. The van der Waals surface area contributed by atoms with Gasteiger partial charge in [-0.05, 0) is 0 Å². The third-order valence-corrected chi connectivity index (χ3v) is 1.73. The van der Waals surface area contributed by atoms with Gasteiger partial charge in [0.2, 0.25) is 0 Å². The van der Waals surface area contributed by atoms with Gasteiger partial charge in [0.1, 0.15) is 6.26 Å². The monoisotopic (exact) mass is 187 g/mol. The summed E-state index contributed by atoms with van der Waals surface area (Å²) >= 11 is 0. The van der Waals surface area contributed by atoms with Crippen LogP contribution in [0.4, 0.5) is 0 Å². The van der Waals surface area contributed by atoms with Crippen LogP contribution in [0.3, 0.4) is 0 Å². The van der Waals surface area contributed by atoms with Crippen molar-refractivity contribution in [3.63, 3.8) is 0 Å². The van der Waals surface area contributed by atoms with E-state index < -0.39 is 0 Å². The van der Waals surface area contributed by atoms with Crippen LogP contribution < -0.4 is 0 Å². The molecule has 0 radical (unpaired) electrons. The van der Waals surface area contributed by atoms with Gasteiger partial charge in [0.25, 0.3) is 0 Å². The lowest BCUT2D eigenvalue weighted by Gasteiger charge is -1.80. The Morgan fingerprint density at radius 1 is 0.929 bits per heavy atom. The lowest BCUT2D eigenvalue weighted by Crippen LogP contribution is -1.57. The van der Waals surface area contributed by atoms with Crippen LogP contribution in [-0.4, -0.2) is 4.98 Å². The molecule has 0 unspecified atom stereocenters. The molecular formula is C11H9NO2. The Hall–Kier alpha value is -2.03. The van der Waals surface area contributed by atoms with Crippen molar-refractivity contribution in [2.45, 2.75) is 0 Å². The molecule has 0 aliphatic carbocycles. The summed E-state index contributed by atoms with van der Waals surface area (Å²) in [6, 6.07) is 8.05. The van der Waals surface area contributed by atoms with E-state index in [9.17, 15) is 0 Å². The molecule has 0 N–H and O–H groups in total. The number of furan rings is 1. The first kappa shape index (κ1) is 8.56. The Kier molecular flexibility index (Phi) is 2.62. The second-order valence-electron chi connectivity index (χ2n) is 2.68. The van der Waals surface area contributed by atoms with Crippen LogP contribution in [0.2, 0.25) is 0 Å². The number of rotatable bonds is 0. The van der Waals surface area contributed by atoms with Gasteiger partial charge in [0, 0.05) is 10.8 Å². The fourth-order valence-corrected chi connectivity index (χ4v) is 1.08. The molecular weight excluding hydrogens is 178 g/mol. The predicted octanol–water partition coefficient (Wildman–Crippen LogP) is 3.11. The lowest BCUT2D eigenvalue weighted by atomic mass is 10.2. The third kappa shape index (κ3) is 2.01. The van der Waals surface area contributed by atoms with E-state index in [1.807, 2.05) is 24.3 Å². The Balaban J connectivity index is 0.000000128. The van der Waals surface area contributed by atoms with Gasteiger partial charge in [0.15, 0.2) is 6.39 Å². The average molecular weight is 187 g/mol. The van der Waals surface area contributed by atoms with Crippen molar-refractivity contribution in [1.29, 1.82) is 0 Å². The topological polar surface area (TPSA) is 39.2 Å². The van der Waals surface area contributed by atoms with Crippen LogP contribution >= 0.6 is 0 Å². The van der Waals surface area contributed by atoms with Crippen LogP contribution in [-0.2, 0) is 0 Å². The van der Waals surface area contributed by atoms with Gasteiger partial charge in [-0.2, -0.15) is 0 Å². The van der Waals surface area contributed by atoms with Crippen molar-refractivity contribution < 1.29 is 8.83 Å². The molecule has 0 saturated carbocycles. The first-order chi connectivity index (χ1) is 6.97. The van der Waals surface area contributed by atoms with Gasteiger partial charge in [-0.3, -0.25) is 0 Å². The zero-order valence-corrected chi connectivity index (χ0v) is 7.46. The minimum Gasteiger partial charge on any atom is -0.471 e. The number of aromatic nitrogens is 1. The highest BCUT2D eigenvalue weighted by Gasteiger charge is 1.89. The summed E-state index contributed by atoms with van der Waals surface area (Å²) in [5, 5.41) is 2.33. The summed E-state index contributed by atoms with van der Waals surface area (Å²) in [6.45, 7) is 0. The van der Waals surface area contributed by atoms with Crippen molar-refractivity contribution in [3.05, 3.63) is 55.6 Å². The molecule has 0 aliphatic rings. The lowest BCUT2D eigenvalue weighted by molar-refractivity contribution is 0.558. The number of hydrogen-bond donors (Lipinski definition) is 0. The zero-order valence-electron chi connectivity index (χ0n) is 7.46. The smallest absolute Gasteiger partial charge is 0.180 e. The van der Waals surface area contributed by atoms with Crippen LogP contribution in [0.5, 0.6) is 0 Å². The highest BCUT2D eigenvalue weighted by molar-refractivity contribution is 5.80. The van der Waals surface area contributed by atoms with Crippen molar-refractivity contribution >= 4 is 10.8 Å². The third-order valence-electron chi connectivity index (χ3n) is 1.73. The van der Waals surface area contributed by atoms with E-state index >= 15 is 0 Å². The van der Waals surface area contributed by atoms with Crippen LogP contribution in [0.1, 0.15) is 0 Å². The van der Waals surface area contributed by atoms with Crippen molar-refractivity contribution in [2.24, 2.45) is 0 Å². The molecule has 0 spiro atoms. The number of benzene rings is 1. The Morgan fingerprint density at radius 2 is 1.64 bits per heavy atom. The van der Waals surface area contributed by atoms with E-state index in [1.165, 1.54) is 12.7 Å². The fraction of sp³-hybridized carbons (Fsp3) is 0. The maximum atomic E-state index is 4.96. The minimum absolute atomic E-state index is 1.16. The molecule has 14 heavy (non-hydrogen) atoms. The molecule has 0 saturated heterocycles. The SMILES string of the molecule is c1ccc2cocc2c1.c1cocn1. The highest BCUT2D eigenvalue weighted by atomic mass is 16.3. The second kappa shape index (κ2) is 4.28. The van der Waals surface area contributed by atoms with E-state index in [-0.39, 0.29) is 0 Å². The largest absolute Gasteiger partial charge is 0.471 e. The van der Waals surface area contributed by atoms with Crippen LogP contribution in [0.15, 0.2) is 64.5 Å². The predicted molar refractivity (Wildman–Crippen MR) is 52.7 cm³/mol. The maximum absolute atomic E-state index is 4.96. The molecule has 0 amide bonds. The van der Waals surface area contributed by atoms with Crippen molar-refractivity contribution in [2.75, 3.05) is 0 Å². The summed E-state index contributed by atoms with van der Waals surface area (Å²) in [7, 11) is 0. The minimum atomic E-state index is 1.16. The van der Waals surface area contributed by atoms with Crippen LogP contribution in [0, 0.1) is 0 Å². The fourth-order valence-electron chi connectivity index (χ4n) is 1.08. The number of fused-ring (bicyclic) bond motifs is 1. The number of hydrogen-bond acceptors (Lipinski definition) is 3. The molecule has 0 fully saturated rings. The van der Waals surface area contributed by atoms with E-state index in [1.54, 1.807) is 18.7 Å². The molecule has 0 bridgehead atoms. The molecule has 1 aromatic carbocycles. The van der Waals surface area contributed by atoms with E-state index in [0.29, 0.717) is 0 Å². The van der Waals surface area contributed by atoms with Gasteiger partial charge in [-0.25, -0.2) is 4.98 Å². The normalized spacial score (nSPS) is 9.43. The summed E-state index contributed by atoms with van der Waals surface area (Å²) in [5.41, 5.74) is 0. The molecule has 0 atom stereocenters. The van der Waals surface area contributed by atoms with Gasteiger partial charge in [-0.1, -0.05) is 24.3 Å². The summed E-state index contributed by atoms with van der Waals surface area (Å²) in [5.74, 6) is 0. The van der Waals surface area contributed by atoms with E-state index in [0.717, 1.165) is 10.8 Å². The summed E-state index contributed by atoms with van der Waals surface area (Å²) in [4.78, 5) is 3.56. The molecule has 3 aromatic rings. The Labute approximate surface area is 81.0 Å². The highest BCUT2D eigenvalue weighted by Crippen LogP contribution is 2.12. The first-order valence-corrected chi connectivity index (χ1v) is 4.20. The Bertz CT molecular complexity index is 423. The molecule has 2 aromatic heterocycles. The van der Waals surface area contributed by atoms with Gasteiger partial charge in [-0.15, -0.1) is 0 Å². The van der Waals surface area contributed by atoms with Crippen LogP contribution in [0.25, 0.3) is 10.8 Å².